The zero-order valence-electron chi connectivity index (χ0n) is 15.7. The molecule has 3 rings (SSSR count). The molecule has 0 unspecified atom stereocenters. The molecule has 6 heteroatoms. The first-order valence-corrected chi connectivity index (χ1v) is 9.33. The fourth-order valence-corrected chi connectivity index (χ4v) is 3.42. The van der Waals surface area contributed by atoms with E-state index in [-0.39, 0.29) is 12.2 Å². The average Bonchev–Trinajstić information content (AvgIpc) is 3.11. The Kier molecular flexibility index (Phi) is 6.28. The first-order valence-electron chi connectivity index (χ1n) is 9.33. The average molecular weight is 360 g/mol. The molecule has 0 radical (unpaired) electrons. The van der Waals surface area contributed by atoms with E-state index in [1.807, 2.05) is 44.2 Å². The van der Waals surface area contributed by atoms with E-state index in [1.165, 1.54) is 0 Å². The quantitative estimate of drug-likeness (QED) is 0.719. The fourth-order valence-electron chi connectivity index (χ4n) is 3.42. The van der Waals surface area contributed by atoms with Crippen molar-refractivity contribution in [3.05, 3.63) is 35.9 Å². The molecule has 6 nitrogen and oxygen atoms in total. The standard InChI is InChI=1S/C20H28N2O4/c1-4-5-11-22-15(12-21)16-17-18(26-20(2,3)25-17)19(24-16)23-13-14-9-7-6-8-10-14/h6-10,15-19,22H,4-5,11,13H2,1-3H3/t15-,16+,17-,18-,19-/m0/s1. The second-order valence-corrected chi connectivity index (χ2v) is 7.24. The molecule has 1 N–H and O–H groups in total. The molecule has 2 aliphatic heterocycles. The van der Waals surface area contributed by atoms with Gasteiger partial charge in [0.05, 0.1) is 12.7 Å². The molecule has 142 valence electrons. The van der Waals surface area contributed by atoms with Crippen LogP contribution in [0.15, 0.2) is 30.3 Å². The molecular formula is C20H28N2O4. The summed E-state index contributed by atoms with van der Waals surface area (Å²) in [6, 6.07) is 11.8. The fraction of sp³-hybridized carbons (Fsp3) is 0.650. The maximum atomic E-state index is 9.60. The Balaban J connectivity index is 1.68. The number of hydrogen-bond acceptors (Lipinski definition) is 6. The molecular weight excluding hydrogens is 332 g/mol. The molecule has 2 saturated heterocycles. The lowest BCUT2D eigenvalue weighted by Crippen LogP contribution is -2.46. The minimum absolute atomic E-state index is 0.329. The lowest BCUT2D eigenvalue weighted by Gasteiger charge is -2.26. The van der Waals surface area contributed by atoms with Gasteiger partial charge in [0.25, 0.3) is 0 Å². The highest BCUT2D eigenvalue weighted by Gasteiger charge is 2.57. The Morgan fingerprint density at radius 2 is 1.96 bits per heavy atom. The molecule has 0 aliphatic carbocycles. The number of nitrogens with zero attached hydrogens (tertiary/aromatic N) is 1. The minimum Gasteiger partial charge on any atom is -0.345 e. The van der Waals surface area contributed by atoms with Gasteiger partial charge in [0, 0.05) is 0 Å². The first kappa shape index (κ1) is 19.3. The van der Waals surface area contributed by atoms with Crippen molar-refractivity contribution in [2.24, 2.45) is 0 Å². The van der Waals surface area contributed by atoms with E-state index in [2.05, 4.69) is 18.3 Å². The molecule has 2 aliphatic rings. The van der Waals surface area contributed by atoms with Gasteiger partial charge in [0.2, 0.25) is 0 Å². The van der Waals surface area contributed by atoms with Crippen molar-refractivity contribution >= 4 is 0 Å². The zero-order chi connectivity index (χ0) is 18.6. The van der Waals surface area contributed by atoms with Gasteiger partial charge in [-0.3, -0.25) is 5.32 Å². The van der Waals surface area contributed by atoms with Gasteiger partial charge in [0.1, 0.15) is 24.4 Å². The van der Waals surface area contributed by atoms with Crippen molar-refractivity contribution in [1.82, 2.24) is 5.32 Å². The lowest BCUT2D eigenvalue weighted by molar-refractivity contribution is -0.237. The first-order chi connectivity index (χ1) is 12.5. The van der Waals surface area contributed by atoms with Gasteiger partial charge in [-0.25, -0.2) is 0 Å². The van der Waals surface area contributed by atoms with Crippen LogP contribution in [-0.2, 0) is 25.6 Å². The highest BCUT2D eigenvalue weighted by molar-refractivity contribution is 5.13. The van der Waals surface area contributed by atoms with Crippen molar-refractivity contribution in [2.75, 3.05) is 6.54 Å². The normalized spacial score (nSPS) is 30.7. The monoisotopic (exact) mass is 360 g/mol. The summed E-state index contributed by atoms with van der Waals surface area (Å²) in [5.74, 6) is -0.713. The number of fused-ring (bicyclic) bond motifs is 1. The van der Waals surface area contributed by atoms with Crippen LogP contribution >= 0.6 is 0 Å². The number of nitrogens with one attached hydrogen (secondary N) is 1. The van der Waals surface area contributed by atoms with Crippen LogP contribution < -0.4 is 5.32 Å². The molecule has 1 aromatic rings. The maximum Gasteiger partial charge on any atom is 0.187 e. The Labute approximate surface area is 155 Å². The number of nitriles is 1. The third-order valence-corrected chi connectivity index (χ3v) is 4.67. The highest BCUT2D eigenvalue weighted by Crippen LogP contribution is 2.40. The van der Waals surface area contributed by atoms with E-state index < -0.39 is 24.2 Å². The van der Waals surface area contributed by atoms with E-state index in [0.717, 1.165) is 24.9 Å². The van der Waals surface area contributed by atoms with Crippen LogP contribution in [0.1, 0.15) is 39.2 Å². The van der Waals surface area contributed by atoms with E-state index in [1.54, 1.807) is 0 Å². The van der Waals surface area contributed by atoms with Gasteiger partial charge in [0.15, 0.2) is 12.1 Å². The largest absolute Gasteiger partial charge is 0.345 e. The molecule has 0 aromatic heterocycles. The van der Waals surface area contributed by atoms with Gasteiger partial charge >= 0.3 is 0 Å². The zero-order valence-corrected chi connectivity index (χ0v) is 15.7. The van der Waals surface area contributed by atoms with Gasteiger partial charge in [-0.15, -0.1) is 0 Å². The van der Waals surface area contributed by atoms with Crippen LogP contribution in [0.3, 0.4) is 0 Å². The number of unbranched alkanes of at least 4 members (excludes halogenated alkanes) is 1. The van der Waals surface area contributed by atoms with Crippen molar-refractivity contribution in [3.8, 4) is 6.07 Å². The summed E-state index contributed by atoms with van der Waals surface area (Å²) in [5, 5.41) is 12.9. The van der Waals surface area contributed by atoms with Crippen LogP contribution in [0.2, 0.25) is 0 Å². The summed E-state index contributed by atoms with van der Waals surface area (Å²) in [6.07, 6.45) is 0.417. The van der Waals surface area contributed by atoms with Gasteiger partial charge in [-0.05, 0) is 32.4 Å². The third-order valence-electron chi connectivity index (χ3n) is 4.67. The van der Waals surface area contributed by atoms with Crippen LogP contribution in [0.4, 0.5) is 0 Å². The topological polar surface area (TPSA) is 72.7 Å². The number of rotatable bonds is 8. The van der Waals surface area contributed by atoms with Crippen molar-refractivity contribution < 1.29 is 18.9 Å². The number of benzene rings is 1. The highest BCUT2D eigenvalue weighted by atomic mass is 16.8. The van der Waals surface area contributed by atoms with Crippen molar-refractivity contribution in [2.45, 2.75) is 76.7 Å². The molecule has 1 aromatic carbocycles. The summed E-state index contributed by atoms with van der Waals surface area (Å²) in [7, 11) is 0. The van der Waals surface area contributed by atoms with Crippen molar-refractivity contribution in [3.63, 3.8) is 0 Å². The molecule has 0 amide bonds. The lowest BCUT2D eigenvalue weighted by atomic mass is 10.0. The Hall–Kier alpha value is -1.49. The SMILES string of the molecule is CCCCN[C@@H](C#N)[C@H]1O[C@H](OCc2ccccc2)[C@H]2OC(C)(C)O[C@H]21. The van der Waals surface area contributed by atoms with Crippen LogP contribution in [-0.4, -0.2) is 43.0 Å². The minimum atomic E-state index is -0.713. The second-order valence-electron chi connectivity index (χ2n) is 7.24. The van der Waals surface area contributed by atoms with Gasteiger partial charge in [-0.2, -0.15) is 5.26 Å². The van der Waals surface area contributed by atoms with Crippen LogP contribution in [0.5, 0.6) is 0 Å². The Bertz CT molecular complexity index is 616. The van der Waals surface area contributed by atoms with E-state index in [0.29, 0.717) is 6.61 Å². The summed E-state index contributed by atoms with van der Waals surface area (Å²) >= 11 is 0. The van der Waals surface area contributed by atoms with Crippen LogP contribution in [0.25, 0.3) is 0 Å². The van der Waals surface area contributed by atoms with Gasteiger partial charge in [-0.1, -0.05) is 43.7 Å². The predicted molar refractivity (Wildman–Crippen MR) is 96.0 cm³/mol. The summed E-state index contributed by atoms with van der Waals surface area (Å²) in [4.78, 5) is 0. The molecule has 0 saturated carbocycles. The molecule has 5 atom stereocenters. The maximum absolute atomic E-state index is 9.60. The summed E-state index contributed by atoms with van der Waals surface area (Å²) in [5.41, 5.74) is 1.06. The van der Waals surface area contributed by atoms with E-state index in [4.69, 9.17) is 18.9 Å². The number of hydrogen-bond donors (Lipinski definition) is 1. The summed E-state index contributed by atoms with van der Waals surface area (Å²) < 4.78 is 24.1. The Morgan fingerprint density at radius 3 is 2.65 bits per heavy atom. The second kappa shape index (κ2) is 8.47. The molecule has 2 heterocycles. The molecule has 0 bridgehead atoms. The van der Waals surface area contributed by atoms with E-state index in [9.17, 15) is 5.26 Å². The smallest absolute Gasteiger partial charge is 0.187 e. The Morgan fingerprint density at radius 1 is 1.23 bits per heavy atom. The van der Waals surface area contributed by atoms with Gasteiger partial charge < -0.3 is 18.9 Å². The van der Waals surface area contributed by atoms with Crippen molar-refractivity contribution in [1.29, 1.82) is 5.26 Å². The summed E-state index contributed by atoms with van der Waals surface area (Å²) in [6.45, 7) is 7.07. The molecule has 2 fully saturated rings. The molecule has 0 spiro atoms. The van der Waals surface area contributed by atoms with Crippen LogP contribution in [0, 0.1) is 11.3 Å². The molecule has 26 heavy (non-hydrogen) atoms. The number of ether oxygens (including phenoxy) is 4. The van der Waals surface area contributed by atoms with E-state index >= 15 is 0 Å². The third kappa shape index (κ3) is 4.43. The predicted octanol–water partition coefficient (Wildman–Crippen LogP) is 2.73.